The van der Waals surface area contributed by atoms with Crippen LogP contribution >= 0.6 is 28.3 Å². The Kier molecular flexibility index (Phi) is 5.96. The quantitative estimate of drug-likeness (QED) is 0.814. The Hall–Kier alpha value is -0.740. The van der Waals surface area contributed by atoms with Gasteiger partial charge in [-0.3, -0.25) is 4.79 Å². The molecule has 0 radical (unpaired) electrons. The number of nitrogens with one attached hydrogen (secondary N) is 1. The molecule has 18 heavy (non-hydrogen) atoms. The number of anilines is 1. The first-order valence-corrected chi connectivity index (χ1v) is 6.82. The number of hydrogen-bond acceptors (Lipinski definition) is 2. The number of nitrogens with two attached hydrogens (primary N) is 1. The molecule has 1 aliphatic carbocycles. The van der Waals surface area contributed by atoms with Gasteiger partial charge in [-0.1, -0.05) is 35.2 Å². The average molecular weight is 334 g/mol. The second-order valence-electron chi connectivity index (χ2n) is 4.54. The molecule has 1 amide bonds. The Balaban J connectivity index is 0.00000162. The predicted molar refractivity (Wildman–Crippen MR) is 80.1 cm³/mol. The molecule has 1 saturated carbocycles. The lowest BCUT2D eigenvalue weighted by atomic mass is 9.95. The molecule has 1 aromatic rings. The maximum atomic E-state index is 12.0. The minimum absolute atomic E-state index is 0. The van der Waals surface area contributed by atoms with Crippen LogP contribution in [0.1, 0.15) is 42.5 Å². The number of hydrogen-bond donors (Lipinski definition) is 2. The van der Waals surface area contributed by atoms with Crippen LogP contribution < -0.4 is 11.1 Å². The summed E-state index contributed by atoms with van der Waals surface area (Å²) in [4.78, 5) is 12.0. The molecule has 1 aromatic carbocycles. The van der Waals surface area contributed by atoms with Gasteiger partial charge in [0.15, 0.2) is 0 Å². The summed E-state index contributed by atoms with van der Waals surface area (Å²) >= 11 is 3.33. The topological polar surface area (TPSA) is 55.1 Å². The second-order valence-corrected chi connectivity index (χ2v) is 5.46. The van der Waals surface area contributed by atoms with Crippen LogP contribution in [0.2, 0.25) is 0 Å². The van der Waals surface area contributed by atoms with Crippen LogP contribution in [-0.2, 0) is 0 Å². The van der Waals surface area contributed by atoms with E-state index in [0.29, 0.717) is 17.3 Å². The van der Waals surface area contributed by atoms with E-state index in [9.17, 15) is 4.79 Å². The molecule has 0 atom stereocenters. The summed E-state index contributed by atoms with van der Waals surface area (Å²) < 4.78 is 0.893. The van der Waals surface area contributed by atoms with E-state index >= 15 is 0 Å². The van der Waals surface area contributed by atoms with E-state index in [1.54, 1.807) is 12.1 Å². The Morgan fingerprint density at radius 1 is 1.28 bits per heavy atom. The van der Waals surface area contributed by atoms with Gasteiger partial charge in [0.2, 0.25) is 0 Å². The SMILES string of the molecule is Cl.Nc1cc(Br)ccc1C(=O)NC1CCCCC1. The van der Waals surface area contributed by atoms with Gasteiger partial charge in [-0.05, 0) is 31.0 Å². The van der Waals surface area contributed by atoms with E-state index in [1.165, 1.54) is 19.3 Å². The van der Waals surface area contributed by atoms with Crippen molar-refractivity contribution < 1.29 is 4.79 Å². The lowest BCUT2D eigenvalue weighted by Crippen LogP contribution is -2.36. The zero-order chi connectivity index (χ0) is 12.3. The first-order chi connectivity index (χ1) is 8.16. The summed E-state index contributed by atoms with van der Waals surface area (Å²) in [6.07, 6.45) is 5.87. The van der Waals surface area contributed by atoms with Crippen LogP contribution in [0.4, 0.5) is 5.69 Å². The van der Waals surface area contributed by atoms with Crippen LogP contribution in [-0.4, -0.2) is 11.9 Å². The Bertz CT molecular complexity index is 419. The van der Waals surface area contributed by atoms with Crippen molar-refractivity contribution in [3.63, 3.8) is 0 Å². The molecule has 0 aliphatic heterocycles. The minimum atomic E-state index is -0.0538. The second kappa shape index (κ2) is 7.00. The van der Waals surface area contributed by atoms with Crippen LogP contribution in [0.5, 0.6) is 0 Å². The van der Waals surface area contributed by atoms with Gasteiger partial charge in [0, 0.05) is 16.2 Å². The third-order valence-electron chi connectivity index (χ3n) is 3.20. The summed E-state index contributed by atoms with van der Waals surface area (Å²) in [5.41, 5.74) is 6.93. The summed E-state index contributed by atoms with van der Waals surface area (Å²) in [7, 11) is 0. The van der Waals surface area contributed by atoms with E-state index in [4.69, 9.17) is 5.73 Å². The van der Waals surface area contributed by atoms with Gasteiger partial charge in [-0.2, -0.15) is 0 Å². The molecule has 2 rings (SSSR count). The summed E-state index contributed by atoms with van der Waals surface area (Å²) in [6, 6.07) is 5.68. The molecular weight excluding hydrogens is 316 g/mol. The third-order valence-corrected chi connectivity index (χ3v) is 3.69. The number of carbonyl (C=O) groups is 1. The first kappa shape index (κ1) is 15.3. The van der Waals surface area contributed by atoms with Gasteiger partial charge in [-0.25, -0.2) is 0 Å². The molecule has 100 valence electrons. The fourth-order valence-corrected chi connectivity index (χ4v) is 2.63. The van der Waals surface area contributed by atoms with Crippen molar-refractivity contribution in [2.24, 2.45) is 0 Å². The molecule has 1 aliphatic rings. The highest BCUT2D eigenvalue weighted by atomic mass is 79.9. The predicted octanol–water partition coefficient (Wildman–Crippen LogP) is 3.52. The highest BCUT2D eigenvalue weighted by molar-refractivity contribution is 9.10. The molecule has 0 unspecified atom stereocenters. The molecule has 1 fully saturated rings. The first-order valence-electron chi connectivity index (χ1n) is 6.02. The lowest BCUT2D eigenvalue weighted by molar-refractivity contribution is 0.0928. The van der Waals surface area contributed by atoms with Gasteiger partial charge in [0.1, 0.15) is 0 Å². The number of benzene rings is 1. The summed E-state index contributed by atoms with van der Waals surface area (Å²) in [5.74, 6) is -0.0538. The molecule has 0 saturated heterocycles. The molecule has 3 nitrogen and oxygen atoms in total. The fourth-order valence-electron chi connectivity index (χ4n) is 2.25. The number of nitrogen functional groups attached to an aromatic ring is 1. The van der Waals surface area contributed by atoms with E-state index < -0.39 is 0 Å². The smallest absolute Gasteiger partial charge is 0.253 e. The standard InChI is InChI=1S/C13H17BrN2O.ClH/c14-9-6-7-11(12(15)8-9)13(17)16-10-4-2-1-3-5-10;/h6-8,10H,1-5,15H2,(H,16,17);1H. The minimum Gasteiger partial charge on any atom is -0.398 e. The van der Waals surface area contributed by atoms with E-state index in [0.717, 1.165) is 17.3 Å². The van der Waals surface area contributed by atoms with Crippen molar-refractivity contribution >= 4 is 39.9 Å². The van der Waals surface area contributed by atoms with Crippen molar-refractivity contribution in [3.8, 4) is 0 Å². The molecule has 5 heteroatoms. The van der Waals surface area contributed by atoms with Crippen LogP contribution in [0, 0.1) is 0 Å². The number of rotatable bonds is 2. The normalized spacial score (nSPS) is 15.8. The molecule has 0 heterocycles. The number of carbonyl (C=O) groups excluding carboxylic acids is 1. The van der Waals surface area contributed by atoms with Crippen LogP contribution in [0.15, 0.2) is 22.7 Å². The average Bonchev–Trinajstić information content (AvgIpc) is 2.30. The lowest BCUT2D eigenvalue weighted by Gasteiger charge is -2.23. The zero-order valence-corrected chi connectivity index (χ0v) is 12.5. The molecule has 0 aromatic heterocycles. The zero-order valence-electron chi connectivity index (χ0n) is 10.1. The molecular formula is C13H18BrClN2O. The Morgan fingerprint density at radius 2 is 1.94 bits per heavy atom. The molecule has 3 N–H and O–H groups in total. The van der Waals surface area contributed by atoms with Crippen molar-refractivity contribution in [3.05, 3.63) is 28.2 Å². The molecule has 0 bridgehead atoms. The van der Waals surface area contributed by atoms with Crippen molar-refractivity contribution in [1.82, 2.24) is 5.32 Å². The van der Waals surface area contributed by atoms with Crippen LogP contribution in [0.3, 0.4) is 0 Å². The third kappa shape index (κ3) is 3.89. The van der Waals surface area contributed by atoms with E-state index in [2.05, 4.69) is 21.2 Å². The summed E-state index contributed by atoms with van der Waals surface area (Å²) in [5, 5.41) is 3.06. The number of halogens is 2. The molecule has 0 spiro atoms. The highest BCUT2D eigenvalue weighted by Crippen LogP contribution is 2.21. The van der Waals surface area contributed by atoms with Gasteiger partial charge in [0.05, 0.1) is 5.56 Å². The van der Waals surface area contributed by atoms with Crippen LogP contribution in [0.25, 0.3) is 0 Å². The maximum absolute atomic E-state index is 12.0. The van der Waals surface area contributed by atoms with Crippen molar-refractivity contribution in [2.45, 2.75) is 38.1 Å². The van der Waals surface area contributed by atoms with Gasteiger partial charge in [0.25, 0.3) is 5.91 Å². The van der Waals surface area contributed by atoms with E-state index in [-0.39, 0.29) is 18.3 Å². The van der Waals surface area contributed by atoms with Gasteiger partial charge in [-0.15, -0.1) is 12.4 Å². The largest absolute Gasteiger partial charge is 0.398 e. The Labute approximate surface area is 122 Å². The maximum Gasteiger partial charge on any atom is 0.253 e. The summed E-state index contributed by atoms with van der Waals surface area (Å²) in [6.45, 7) is 0. The van der Waals surface area contributed by atoms with Gasteiger partial charge < -0.3 is 11.1 Å². The fraction of sp³-hybridized carbons (Fsp3) is 0.462. The highest BCUT2D eigenvalue weighted by Gasteiger charge is 2.17. The monoisotopic (exact) mass is 332 g/mol. The van der Waals surface area contributed by atoms with Crippen molar-refractivity contribution in [1.29, 1.82) is 0 Å². The van der Waals surface area contributed by atoms with Crippen molar-refractivity contribution in [2.75, 3.05) is 5.73 Å². The Morgan fingerprint density at radius 3 is 2.56 bits per heavy atom. The van der Waals surface area contributed by atoms with Gasteiger partial charge >= 0.3 is 0 Å². The van der Waals surface area contributed by atoms with E-state index in [1.807, 2.05) is 6.07 Å². The number of amides is 1.